The van der Waals surface area contributed by atoms with Crippen LogP contribution in [0.1, 0.15) is 12.0 Å². The quantitative estimate of drug-likeness (QED) is 0.587. The molecule has 2 heterocycles. The molecule has 1 aromatic heterocycles. The zero-order valence-electron chi connectivity index (χ0n) is 17.4. The van der Waals surface area contributed by atoms with Gasteiger partial charge in [-0.15, -0.1) is 0 Å². The average molecular weight is 442 g/mol. The number of nitrogens with one attached hydrogen (secondary N) is 2. The number of rotatable bonds is 7. The number of hydrogen-bond donors (Lipinski definition) is 2. The Labute approximate surface area is 185 Å². The Bertz CT molecular complexity index is 1130. The predicted molar refractivity (Wildman–Crippen MR) is 120 cm³/mol. The Morgan fingerprint density at radius 1 is 1.23 bits per heavy atom. The van der Waals surface area contributed by atoms with E-state index >= 15 is 0 Å². The van der Waals surface area contributed by atoms with Gasteiger partial charge in [-0.3, -0.25) is 9.59 Å². The van der Waals surface area contributed by atoms with E-state index in [4.69, 9.17) is 21.1 Å². The largest absolute Gasteiger partial charge is 0.495 e. The molecular formula is C23H24ClN3O4. The van der Waals surface area contributed by atoms with Crippen molar-refractivity contribution in [3.8, 4) is 11.5 Å². The highest BCUT2D eigenvalue weighted by molar-refractivity contribution is 6.32. The standard InChI is InChI=1S/C23H24ClN3O4/c1-30-20-11-21(31-2)19(10-17(20)24)27-13-15(9-22(27)28)23(29)25-8-7-14-12-26-18-6-4-3-5-16(14)18/h3-6,10-12,15,26H,7-9,13H2,1-2H3,(H,25,29). The van der Waals surface area contributed by atoms with Crippen LogP contribution in [0.25, 0.3) is 10.9 Å². The maximum atomic E-state index is 12.7. The lowest BCUT2D eigenvalue weighted by Crippen LogP contribution is -2.34. The first kappa shape index (κ1) is 21.1. The number of halogens is 1. The lowest BCUT2D eigenvalue weighted by atomic mass is 10.1. The Morgan fingerprint density at radius 3 is 2.77 bits per heavy atom. The van der Waals surface area contributed by atoms with Crippen LogP contribution in [-0.4, -0.2) is 44.1 Å². The number of anilines is 1. The molecule has 31 heavy (non-hydrogen) atoms. The molecule has 0 aliphatic carbocycles. The summed E-state index contributed by atoms with van der Waals surface area (Å²) in [5.41, 5.74) is 2.76. The number of methoxy groups -OCH3 is 2. The van der Waals surface area contributed by atoms with Crippen molar-refractivity contribution in [3.63, 3.8) is 0 Å². The monoisotopic (exact) mass is 441 g/mol. The Balaban J connectivity index is 1.40. The van der Waals surface area contributed by atoms with Gasteiger partial charge in [-0.1, -0.05) is 29.8 Å². The zero-order chi connectivity index (χ0) is 22.0. The summed E-state index contributed by atoms with van der Waals surface area (Å²) in [7, 11) is 3.03. The second-order valence-corrected chi connectivity index (χ2v) is 7.87. The number of benzene rings is 2. The van der Waals surface area contributed by atoms with Crippen molar-refractivity contribution in [3.05, 3.63) is 53.2 Å². The molecule has 0 radical (unpaired) electrons. The fraction of sp³-hybridized carbons (Fsp3) is 0.304. The minimum atomic E-state index is -0.430. The lowest BCUT2D eigenvalue weighted by Gasteiger charge is -2.21. The van der Waals surface area contributed by atoms with Crippen LogP contribution < -0.4 is 19.7 Å². The topological polar surface area (TPSA) is 83.7 Å². The summed E-state index contributed by atoms with van der Waals surface area (Å²) in [5.74, 6) is 0.224. The highest BCUT2D eigenvalue weighted by Gasteiger charge is 2.36. The summed E-state index contributed by atoms with van der Waals surface area (Å²) < 4.78 is 10.6. The first-order valence-electron chi connectivity index (χ1n) is 10.1. The molecule has 1 saturated heterocycles. The van der Waals surface area contributed by atoms with Crippen LogP contribution in [0.2, 0.25) is 5.02 Å². The summed E-state index contributed by atoms with van der Waals surface area (Å²) >= 11 is 6.24. The summed E-state index contributed by atoms with van der Waals surface area (Å²) in [5, 5.41) is 4.50. The van der Waals surface area contributed by atoms with E-state index in [-0.39, 0.29) is 24.8 Å². The summed E-state index contributed by atoms with van der Waals surface area (Å²) in [6, 6.07) is 11.3. The van der Waals surface area contributed by atoms with Gasteiger partial charge in [0.2, 0.25) is 11.8 Å². The van der Waals surface area contributed by atoms with Crippen LogP contribution in [0.5, 0.6) is 11.5 Å². The second-order valence-electron chi connectivity index (χ2n) is 7.46. The van der Waals surface area contributed by atoms with Gasteiger partial charge in [0.05, 0.1) is 30.8 Å². The Kier molecular flexibility index (Phi) is 6.04. The molecule has 1 atom stereocenters. The molecule has 1 aliphatic rings. The van der Waals surface area contributed by atoms with Gasteiger partial charge in [-0.25, -0.2) is 0 Å². The average Bonchev–Trinajstić information content (AvgIpc) is 3.37. The predicted octanol–water partition coefficient (Wildman–Crippen LogP) is 3.55. The first-order valence-corrected chi connectivity index (χ1v) is 10.4. The Hall–Kier alpha value is -3.19. The summed E-state index contributed by atoms with van der Waals surface area (Å²) in [4.78, 5) is 30.1. The number of H-pyrrole nitrogens is 1. The van der Waals surface area contributed by atoms with Gasteiger partial charge in [0.25, 0.3) is 0 Å². The molecule has 4 rings (SSSR count). The molecule has 1 aliphatic heterocycles. The molecule has 3 aromatic rings. The highest BCUT2D eigenvalue weighted by Crippen LogP contribution is 2.40. The lowest BCUT2D eigenvalue weighted by molar-refractivity contribution is -0.126. The normalized spacial score (nSPS) is 16.0. The SMILES string of the molecule is COc1cc(OC)c(N2CC(C(=O)NCCc3c[nH]c4ccccc34)CC2=O)cc1Cl. The van der Waals surface area contributed by atoms with Gasteiger partial charge < -0.3 is 24.7 Å². The van der Waals surface area contributed by atoms with Crippen LogP contribution in [0.4, 0.5) is 5.69 Å². The summed E-state index contributed by atoms with van der Waals surface area (Å²) in [6.07, 6.45) is 2.82. The zero-order valence-corrected chi connectivity index (χ0v) is 18.2. The van der Waals surface area contributed by atoms with Gasteiger partial charge in [0, 0.05) is 42.7 Å². The van der Waals surface area contributed by atoms with Gasteiger partial charge in [0.1, 0.15) is 11.5 Å². The number of carbonyl (C=O) groups is 2. The maximum absolute atomic E-state index is 12.7. The minimum absolute atomic E-state index is 0.130. The highest BCUT2D eigenvalue weighted by atomic mass is 35.5. The number of hydrogen-bond acceptors (Lipinski definition) is 4. The van der Waals surface area contributed by atoms with E-state index in [9.17, 15) is 9.59 Å². The van der Waals surface area contributed by atoms with E-state index < -0.39 is 5.92 Å². The maximum Gasteiger partial charge on any atom is 0.227 e. The van der Waals surface area contributed by atoms with Crippen LogP contribution in [0.3, 0.4) is 0 Å². The third-order valence-electron chi connectivity index (χ3n) is 5.61. The van der Waals surface area contributed by atoms with Crippen LogP contribution in [-0.2, 0) is 16.0 Å². The number of carbonyl (C=O) groups excluding carboxylic acids is 2. The molecule has 162 valence electrons. The third-order valence-corrected chi connectivity index (χ3v) is 5.90. The number of fused-ring (bicyclic) bond motifs is 1. The molecule has 7 nitrogen and oxygen atoms in total. The first-order chi connectivity index (χ1) is 15.0. The number of nitrogens with zero attached hydrogens (tertiary/aromatic N) is 1. The number of para-hydroxylation sites is 1. The number of aromatic nitrogens is 1. The molecule has 0 saturated carbocycles. The van der Waals surface area contributed by atoms with Gasteiger partial charge >= 0.3 is 0 Å². The van der Waals surface area contributed by atoms with Crippen molar-refractivity contribution in [2.75, 3.05) is 32.2 Å². The van der Waals surface area contributed by atoms with Crippen molar-refractivity contribution in [2.45, 2.75) is 12.8 Å². The molecule has 2 N–H and O–H groups in total. The van der Waals surface area contributed by atoms with Crippen molar-refractivity contribution >= 4 is 40.0 Å². The van der Waals surface area contributed by atoms with E-state index in [1.54, 1.807) is 17.0 Å². The fourth-order valence-electron chi connectivity index (χ4n) is 3.97. The van der Waals surface area contributed by atoms with Gasteiger partial charge in [-0.2, -0.15) is 0 Å². The second kappa shape index (κ2) is 8.89. The van der Waals surface area contributed by atoms with Gasteiger partial charge in [0.15, 0.2) is 0 Å². The molecule has 1 unspecified atom stereocenters. The van der Waals surface area contributed by atoms with Crippen molar-refractivity contribution in [1.82, 2.24) is 10.3 Å². The van der Waals surface area contributed by atoms with Crippen LogP contribution >= 0.6 is 11.6 Å². The fourth-order valence-corrected chi connectivity index (χ4v) is 4.21. The summed E-state index contributed by atoms with van der Waals surface area (Å²) in [6.45, 7) is 0.778. The number of ether oxygens (including phenoxy) is 2. The number of amides is 2. The van der Waals surface area contributed by atoms with E-state index in [1.165, 1.54) is 14.2 Å². The molecule has 0 bridgehead atoms. The van der Waals surface area contributed by atoms with Crippen molar-refractivity contribution < 1.29 is 19.1 Å². The third kappa shape index (κ3) is 4.18. The van der Waals surface area contributed by atoms with Crippen molar-refractivity contribution in [2.24, 2.45) is 5.92 Å². The van der Waals surface area contributed by atoms with E-state index in [2.05, 4.69) is 16.4 Å². The van der Waals surface area contributed by atoms with Crippen LogP contribution in [0.15, 0.2) is 42.6 Å². The van der Waals surface area contributed by atoms with E-state index in [0.29, 0.717) is 35.2 Å². The molecule has 2 aromatic carbocycles. The molecular weight excluding hydrogens is 418 g/mol. The van der Waals surface area contributed by atoms with Crippen LogP contribution in [0, 0.1) is 5.92 Å². The molecule has 1 fully saturated rings. The van der Waals surface area contributed by atoms with E-state index in [0.717, 1.165) is 16.5 Å². The van der Waals surface area contributed by atoms with Gasteiger partial charge in [-0.05, 0) is 24.1 Å². The number of aromatic amines is 1. The van der Waals surface area contributed by atoms with Crippen molar-refractivity contribution in [1.29, 1.82) is 0 Å². The van der Waals surface area contributed by atoms with E-state index in [1.807, 2.05) is 24.4 Å². The molecule has 0 spiro atoms. The Morgan fingerprint density at radius 2 is 2.00 bits per heavy atom. The molecule has 8 heteroatoms. The minimum Gasteiger partial charge on any atom is -0.495 e. The smallest absolute Gasteiger partial charge is 0.227 e. The molecule has 2 amide bonds.